The second-order valence-electron chi connectivity index (χ2n) is 4.61. The van der Waals surface area contributed by atoms with Gasteiger partial charge in [0.2, 0.25) is 0 Å². The molecular formula is C14H18N2O3S. The minimum atomic E-state index is -1.39. The van der Waals surface area contributed by atoms with Gasteiger partial charge in [-0.05, 0) is 19.1 Å². The van der Waals surface area contributed by atoms with Crippen molar-refractivity contribution in [2.45, 2.75) is 17.8 Å². The number of amides is 2. The zero-order valence-corrected chi connectivity index (χ0v) is 12.2. The number of nitrogens with zero attached hydrogens (tertiary/aromatic N) is 1. The minimum absolute atomic E-state index is 0.215. The van der Waals surface area contributed by atoms with Crippen molar-refractivity contribution in [3.63, 3.8) is 0 Å². The van der Waals surface area contributed by atoms with Gasteiger partial charge in [0.15, 0.2) is 0 Å². The lowest BCUT2D eigenvalue weighted by molar-refractivity contribution is -0.142. The summed E-state index contributed by atoms with van der Waals surface area (Å²) < 4.78 is 5.26. The number of ether oxygens (including phenoxy) is 1. The zero-order valence-electron chi connectivity index (χ0n) is 11.4. The summed E-state index contributed by atoms with van der Waals surface area (Å²) in [6.45, 7) is 1.38. The maximum absolute atomic E-state index is 12.8. The average Bonchev–Trinajstić information content (AvgIpc) is 2.99. The number of rotatable bonds is 4. The summed E-state index contributed by atoms with van der Waals surface area (Å²) in [6.07, 6.45) is 2.74. The van der Waals surface area contributed by atoms with E-state index in [4.69, 9.17) is 10.5 Å². The van der Waals surface area contributed by atoms with Crippen LogP contribution >= 0.6 is 11.8 Å². The van der Waals surface area contributed by atoms with Crippen LogP contribution in [0.15, 0.2) is 30.3 Å². The molecule has 0 bridgehead atoms. The monoisotopic (exact) mass is 294 g/mol. The van der Waals surface area contributed by atoms with Crippen molar-refractivity contribution in [2.24, 2.45) is 5.73 Å². The second-order valence-corrected chi connectivity index (χ2v) is 5.59. The molecule has 1 unspecified atom stereocenters. The molecule has 6 heteroatoms. The summed E-state index contributed by atoms with van der Waals surface area (Å²) >= 11 is 1.18. The molecule has 5 nitrogen and oxygen atoms in total. The summed E-state index contributed by atoms with van der Waals surface area (Å²) in [6, 6.07) is 9.00. The fraction of sp³-hybridized carbons (Fsp3) is 0.429. The lowest BCUT2D eigenvalue weighted by Crippen LogP contribution is -2.47. The Morgan fingerprint density at radius 2 is 1.85 bits per heavy atom. The summed E-state index contributed by atoms with van der Waals surface area (Å²) in [4.78, 5) is 24.4. The van der Waals surface area contributed by atoms with E-state index in [1.807, 2.05) is 18.2 Å². The first-order chi connectivity index (χ1) is 9.60. The number of benzene rings is 1. The maximum atomic E-state index is 12.8. The van der Waals surface area contributed by atoms with E-state index in [0.29, 0.717) is 18.7 Å². The van der Waals surface area contributed by atoms with Crippen molar-refractivity contribution in [2.75, 3.05) is 19.3 Å². The highest BCUT2D eigenvalue weighted by atomic mass is 32.2. The van der Waals surface area contributed by atoms with Crippen molar-refractivity contribution < 1.29 is 14.3 Å². The van der Waals surface area contributed by atoms with E-state index in [-0.39, 0.29) is 5.91 Å². The Labute approximate surface area is 122 Å². The van der Waals surface area contributed by atoms with Crippen LogP contribution in [-0.2, 0) is 14.5 Å². The Kier molecular flexibility index (Phi) is 4.54. The summed E-state index contributed by atoms with van der Waals surface area (Å²) in [5.41, 5.74) is 5.81. The van der Waals surface area contributed by atoms with Crippen LogP contribution in [0, 0.1) is 0 Å². The largest absolute Gasteiger partial charge is 0.418 e. The third kappa shape index (κ3) is 2.75. The molecule has 20 heavy (non-hydrogen) atoms. The molecule has 0 aliphatic carbocycles. The molecule has 1 aromatic rings. The van der Waals surface area contributed by atoms with Crippen molar-refractivity contribution in [3.05, 3.63) is 35.9 Å². The Bertz CT molecular complexity index is 488. The van der Waals surface area contributed by atoms with Gasteiger partial charge in [-0.2, -0.15) is 0 Å². The highest BCUT2D eigenvalue weighted by Crippen LogP contribution is 2.38. The lowest BCUT2D eigenvalue weighted by Gasteiger charge is -2.33. The molecule has 2 rings (SSSR count). The number of hydrogen-bond donors (Lipinski definition) is 1. The predicted octanol–water partition coefficient (Wildman–Crippen LogP) is 1.92. The molecule has 0 saturated carbocycles. The van der Waals surface area contributed by atoms with Crippen LogP contribution in [0.1, 0.15) is 18.4 Å². The second kappa shape index (κ2) is 6.17. The van der Waals surface area contributed by atoms with Gasteiger partial charge < -0.3 is 15.4 Å². The van der Waals surface area contributed by atoms with E-state index < -0.39 is 11.0 Å². The number of carbonyl (C=O) groups is 2. The van der Waals surface area contributed by atoms with Gasteiger partial charge in [0, 0.05) is 18.7 Å². The van der Waals surface area contributed by atoms with E-state index in [1.54, 1.807) is 23.3 Å². The maximum Gasteiger partial charge on any atom is 0.406 e. The van der Waals surface area contributed by atoms with Gasteiger partial charge in [-0.15, -0.1) is 11.8 Å². The Balaban J connectivity index is 2.41. The molecule has 1 fully saturated rings. The molecule has 0 aromatic heterocycles. The molecule has 1 saturated heterocycles. The van der Waals surface area contributed by atoms with Crippen LogP contribution in [0.5, 0.6) is 0 Å². The Morgan fingerprint density at radius 1 is 1.25 bits per heavy atom. The Morgan fingerprint density at radius 3 is 2.35 bits per heavy atom. The van der Waals surface area contributed by atoms with Gasteiger partial charge >= 0.3 is 6.09 Å². The van der Waals surface area contributed by atoms with Gasteiger partial charge in [0.25, 0.3) is 10.8 Å². The number of carbonyl (C=O) groups excluding carboxylic acids is 2. The van der Waals surface area contributed by atoms with Crippen LogP contribution < -0.4 is 5.73 Å². The first-order valence-corrected chi connectivity index (χ1v) is 7.71. The molecule has 2 N–H and O–H groups in total. The normalized spacial score (nSPS) is 17.6. The predicted molar refractivity (Wildman–Crippen MR) is 78.1 cm³/mol. The van der Waals surface area contributed by atoms with Gasteiger partial charge in [-0.1, -0.05) is 30.3 Å². The van der Waals surface area contributed by atoms with Gasteiger partial charge in [0.05, 0.1) is 0 Å². The van der Waals surface area contributed by atoms with E-state index in [9.17, 15) is 9.59 Å². The van der Waals surface area contributed by atoms with E-state index in [2.05, 4.69) is 0 Å². The number of primary amides is 1. The lowest BCUT2D eigenvalue weighted by atomic mass is 10.1. The smallest absolute Gasteiger partial charge is 0.406 e. The summed E-state index contributed by atoms with van der Waals surface area (Å²) in [5, 5.41) is 0. The summed E-state index contributed by atoms with van der Waals surface area (Å²) in [7, 11) is 0. The number of thioether (sulfide) groups is 1. The molecule has 108 valence electrons. The van der Waals surface area contributed by atoms with E-state index >= 15 is 0 Å². The minimum Gasteiger partial charge on any atom is -0.418 e. The van der Waals surface area contributed by atoms with Gasteiger partial charge in [-0.25, -0.2) is 4.79 Å². The highest BCUT2D eigenvalue weighted by molar-refractivity contribution is 8.00. The molecule has 2 amide bonds. The van der Waals surface area contributed by atoms with Crippen molar-refractivity contribution >= 4 is 23.8 Å². The van der Waals surface area contributed by atoms with Crippen LogP contribution in [0.2, 0.25) is 0 Å². The van der Waals surface area contributed by atoms with Crippen LogP contribution in [0.3, 0.4) is 0 Å². The average molecular weight is 294 g/mol. The topological polar surface area (TPSA) is 72.6 Å². The first-order valence-electron chi connectivity index (χ1n) is 6.48. The van der Waals surface area contributed by atoms with Gasteiger partial charge in [-0.3, -0.25) is 4.79 Å². The third-order valence-corrected chi connectivity index (χ3v) is 4.43. The molecule has 1 heterocycles. The standard InChI is InChI=1S/C14H18N2O3S/c1-20-14(19-13(15)18,11-7-3-2-4-8-11)12(17)16-9-5-6-10-16/h2-4,7-8H,5-6,9-10H2,1H3,(H2,15,18). The molecule has 1 atom stereocenters. The fourth-order valence-corrected chi connectivity index (χ4v) is 3.24. The molecule has 1 aliphatic rings. The third-order valence-electron chi connectivity index (χ3n) is 3.36. The van der Waals surface area contributed by atoms with Crippen molar-refractivity contribution in [1.29, 1.82) is 0 Å². The first kappa shape index (κ1) is 14.7. The fourth-order valence-electron chi connectivity index (χ4n) is 2.40. The molecule has 0 radical (unpaired) electrons. The Hall–Kier alpha value is -1.69. The number of hydrogen-bond acceptors (Lipinski definition) is 4. The zero-order chi connectivity index (χ0) is 14.6. The van der Waals surface area contributed by atoms with E-state index in [1.165, 1.54) is 11.8 Å². The van der Waals surface area contributed by atoms with Crippen LogP contribution in [-0.4, -0.2) is 36.2 Å². The van der Waals surface area contributed by atoms with Crippen LogP contribution in [0.4, 0.5) is 4.79 Å². The van der Waals surface area contributed by atoms with E-state index in [0.717, 1.165) is 12.8 Å². The number of nitrogens with two attached hydrogens (primary N) is 1. The summed E-state index contributed by atoms with van der Waals surface area (Å²) in [5.74, 6) is -0.215. The quantitative estimate of drug-likeness (QED) is 0.861. The molecule has 1 aromatic carbocycles. The van der Waals surface area contributed by atoms with Gasteiger partial charge in [0.1, 0.15) is 0 Å². The molecular weight excluding hydrogens is 276 g/mol. The molecule has 1 aliphatic heterocycles. The van der Waals surface area contributed by atoms with Crippen molar-refractivity contribution in [1.82, 2.24) is 4.90 Å². The SMILES string of the molecule is CSC(OC(N)=O)(C(=O)N1CCCC1)c1ccccc1. The van der Waals surface area contributed by atoms with Crippen molar-refractivity contribution in [3.8, 4) is 0 Å². The number of likely N-dealkylation sites (tertiary alicyclic amines) is 1. The van der Waals surface area contributed by atoms with Crippen LogP contribution in [0.25, 0.3) is 0 Å². The molecule has 0 spiro atoms. The highest BCUT2D eigenvalue weighted by Gasteiger charge is 2.46.